The quantitative estimate of drug-likeness (QED) is 0.797. The monoisotopic (exact) mass is 433 g/mol. The Balaban J connectivity index is 1.32. The number of likely N-dealkylation sites (N-methyl/N-ethyl adjacent to an activating group) is 2. The third-order valence-electron chi connectivity index (χ3n) is 8.19. The van der Waals surface area contributed by atoms with Crippen molar-refractivity contribution < 1.29 is 0 Å². The van der Waals surface area contributed by atoms with Gasteiger partial charge >= 0.3 is 0 Å². The topological polar surface area (TPSA) is 34.6 Å². The minimum absolute atomic E-state index is 0.442. The fourth-order valence-electron chi connectivity index (χ4n) is 6.11. The van der Waals surface area contributed by atoms with E-state index in [1.807, 2.05) is 6.20 Å². The molecule has 1 saturated heterocycles. The smallest absolute Gasteiger partial charge is 0.0607 e. The van der Waals surface area contributed by atoms with Crippen LogP contribution in [0.4, 0.5) is 5.69 Å². The molecule has 0 spiro atoms. The van der Waals surface area contributed by atoms with Crippen LogP contribution in [0.2, 0.25) is 0 Å². The molecule has 0 amide bonds. The van der Waals surface area contributed by atoms with Crippen molar-refractivity contribution in [3.63, 3.8) is 0 Å². The summed E-state index contributed by atoms with van der Waals surface area (Å²) < 4.78 is 0. The summed E-state index contributed by atoms with van der Waals surface area (Å²) >= 11 is 0. The van der Waals surface area contributed by atoms with Crippen molar-refractivity contribution in [1.29, 1.82) is 0 Å². The maximum Gasteiger partial charge on any atom is 0.0607 e. The molecule has 3 heterocycles. The van der Waals surface area contributed by atoms with Crippen LogP contribution in [0.3, 0.4) is 0 Å². The molecular weight excluding hydrogens is 394 g/mol. The molecule has 1 fully saturated rings. The summed E-state index contributed by atoms with van der Waals surface area (Å²) in [6, 6.07) is 13.4. The Morgan fingerprint density at radius 3 is 2.69 bits per heavy atom. The van der Waals surface area contributed by atoms with E-state index in [2.05, 4.69) is 78.3 Å². The highest BCUT2D eigenvalue weighted by Gasteiger charge is 2.31. The first kappa shape index (κ1) is 21.9. The van der Waals surface area contributed by atoms with Crippen LogP contribution < -0.4 is 10.2 Å². The van der Waals surface area contributed by atoms with Crippen molar-refractivity contribution >= 4 is 5.69 Å². The maximum absolute atomic E-state index is 4.77. The largest absolute Gasteiger partial charge is 0.368 e. The SMILES string of the molecule is C[C@@H]1CN(c2cccc3c2C[C@H](CN(C)[C@H]2CCCc4cccnc42)NC3)C[C@H](C)N1C. The van der Waals surface area contributed by atoms with Crippen molar-refractivity contribution in [3.05, 3.63) is 58.9 Å². The Kier molecular flexibility index (Phi) is 6.24. The molecule has 4 atom stereocenters. The van der Waals surface area contributed by atoms with Crippen LogP contribution in [-0.2, 0) is 19.4 Å². The number of anilines is 1. The zero-order chi connectivity index (χ0) is 22.2. The molecule has 0 saturated carbocycles. The number of aromatic nitrogens is 1. The summed E-state index contributed by atoms with van der Waals surface area (Å²) in [7, 11) is 4.56. The number of piperazine rings is 1. The highest BCUT2D eigenvalue weighted by molar-refractivity contribution is 5.58. The number of rotatable bonds is 4. The average Bonchev–Trinajstić information content (AvgIpc) is 2.81. The Morgan fingerprint density at radius 2 is 1.88 bits per heavy atom. The Morgan fingerprint density at radius 1 is 1.09 bits per heavy atom. The zero-order valence-electron chi connectivity index (χ0n) is 20.2. The molecule has 5 heteroatoms. The number of nitrogens with one attached hydrogen (secondary N) is 1. The number of hydrogen-bond acceptors (Lipinski definition) is 5. The lowest BCUT2D eigenvalue weighted by Crippen LogP contribution is -2.55. The minimum Gasteiger partial charge on any atom is -0.368 e. The first-order chi connectivity index (χ1) is 15.5. The molecule has 5 nitrogen and oxygen atoms in total. The van der Waals surface area contributed by atoms with Gasteiger partial charge in [-0.1, -0.05) is 18.2 Å². The van der Waals surface area contributed by atoms with Crippen LogP contribution in [-0.4, -0.2) is 66.6 Å². The zero-order valence-corrected chi connectivity index (χ0v) is 20.2. The van der Waals surface area contributed by atoms with E-state index in [1.54, 1.807) is 5.56 Å². The molecule has 3 aliphatic rings. The number of nitrogens with zero attached hydrogens (tertiary/aromatic N) is 4. The first-order valence-corrected chi connectivity index (χ1v) is 12.5. The highest BCUT2D eigenvalue weighted by atomic mass is 15.3. The Hall–Kier alpha value is -1.95. The van der Waals surface area contributed by atoms with Gasteiger partial charge in [0.25, 0.3) is 0 Å². The third kappa shape index (κ3) is 4.18. The van der Waals surface area contributed by atoms with E-state index in [4.69, 9.17) is 4.98 Å². The summed E-state index contributed by atoms with van der Waals surface area (Å²) in [5.74, 6) is 0. The summed E-state index contributed by atoms with van der Waals surface area (Å²) in [5, 5.41) is 3.84. The van der Waals surface area contributed by atoms with Gasteiger partial charge in [-0.05, 0) is 82.4 Å². The minimum atomic E-state index is 0.442. The average molecular weight is 434 g/mol. The number of pyridine rings is 1. The molecule has 2 aromatic rings. The molecule has 1 aromatic carbocycles. The second kappa shape index (κ2) is 9.12. The van der Waals surface area contributed by atoms with Gasteiger partial charge < -0.3 is 10.2 Å². The molecule has 1 aromatic heterocycles. The first-order valence-electron chi connectivity index (χ1n) is 12.5. The van der Waals surface area contributed by atoms with Gasteiger partial charge in [0.1, 0.15) is 0 Å². The standard InChI is InChI=1S/C27H39N5/c1-19-16-32(17-20(2)31(19)4)25-11-6-9-22-15-29-23(14-24(22)25)18-30(3)26-12-5-8-21-10-7-13-28-27(21)26/h6-7,9-11,13,19-20,23,26,29H,5,8,12,14-18H2,1-4H3/t19-,20+,23-,26+/m1/s1. The van der Waals surface area contributed by atoms with Crippen molar-refractivity contribution in [2.75, 3.05) is 38.6 Å². The predicted molar refractivity (Wildman–Crippen MR) is 132 cm³/mol. The van der Waals surface area contributed by atoms with Crippen LogP contribution in [0.25, 0.3) is 0 Å². The van der Waals surface area contributed by atoms with E-state index in [0.29, 0.717) is 24.2 Å². The Labute approximate surface area is 193 Å². The van der Waals surface area contributed by atoms with E-state index in [9.17, 15) is 0 Å². The maximum atomic E-state index is 4.77. The van der Waals surface area contributed by atoms with E-state index in [-0.39, 0.29) is 0 Å². The highest BCUT2D eigenvalue weighted by Crippen LogP contribution is 2.34. The molecule has 1 N–H and O–H groups in total. The van der Waals surface area contributed by atoms with Crippen LogP contribution >= 0.6 is 0 Å². The molecule has 0 radical (unpaired) electrons. The molecule has 2 aliphatic heterocycles. The van der Waals surface area contributed by atoms with Gasteiger partial charge in [0.2, 0.25) is 0 Å². The van der Waals surface area contributed by atoms with Gasteiger partial charge in [0, 0.05) is 56.2 Å². The third-order valence-corrected chi connectivity index (χ3v) is 8.19. The number of aryl methyl sites for hydroxylation is 1. The second-order valence-corrected chi connectivity index (χ2v) is 10.4. The fraction of sp³-hybridized carbons (Fsp3) is 0.593. The van der Waals surface area contributed by atoms with Gasteiger partial charge in [0.15, 0.2) is 0 Å². The van der Waals surface area contributed by atoms with Crippen LogP contribution in [0.5, 0.6) is 0 Å². The van der Waals surface area contributed by atoms with Gasteiger partial charge in [-0.25, -0.2) is 0 Å². The lowest BCUT2D eigenvalue weighted by molar-refractivity contribution is 0.169. The predicted octanol–water partition coefficient (Wildman–Crippen LogP) is 3.63. The summed E-state index contributed by atoms with van der Waals surface area (Å²) in [6.45, 7) is 8.96. The number of fused-ring (bicyclic) bond motifs is 2. The van der Waals surface area contributed by atoms with Gasteiger partial charge in [0.05, 0.1) is 11.7 Å². The van der Waals surface area contributed by atoms with Crippen LogP contribution in [0.15, 0.2) is 36.5 Å². The van der Waals surface area contributed by atoms with Crippen LogP contribution in [0, 0.1) is 0 Å². The summed E-state index contributed by atoms with van der Waals surface area (Å²) in [4.78, 5) is 12.5. The van der Waals surface area contributed by atoms with Gasteiger partial charge in [-0.15, -0.1) is 0 Å². The number of benzene rings is 1. The van der Waals surface area contributed by atoms with E-state index < -0.39 is 0 Å². The van der Waals surface area contributed by atoms with Gasteiger partial charge in [-0.2, -0.15) is 0 Å². The molecule has 32 heavy (non-hydrogen) atoms. The lowest BCUT2D eigenvalue weighted by Gasteiger charge is -2.45. The van der Waals surface area contributed by atoms with Gasteiger partial charge in [-0.3, -0.25) is 14.8 Å². The van der Waals surface area contributed by atoms with E-state index in [0.717, 1.165) is 32.6 Å². The van der Waals surface area contributed by atoms with E-state index in [1.165, 1.54) is 41.8 Å². The van der Waals surface area contributed by atoms with Crippen molar-refractivity contribution in [2.24, 2.45) is 0 Å². The number of hydrogen-bond donors (Lipinski definition) is 1. The molecular formula is C27H39N5. The van der Waals surface area contributed by atoms with Crippen molar-refractivity contribution in [3.8, 4) is 0 Å². The molecule has 0 bridgehead atoms. The Bertz CT molecular complexity index is 931. The second-order valence-electron chi connectivity index (χ2n) is 10.4. The molecule has 0 unspecified atom stereocenters. The summed E-state index contributed by atoms with van der Waals surface area (Å²) in [5.41, 5.74) is 7.26. The normalized spacial score (nSPS) is 28.5. The van der Waals surface area contributed by atoms with Crippen molar-refractivity contribution in [2.45, 2.75) is 70.2 Å². The molecule has 5 rings (SSSR count). The van der Waals surface area contributed by atoms with Crippen molar-refractivity contribution in [1.82, 2.24) is 20.1 Å². The fourth-order valence-corrected chi connectivity index (χ4v) is 6.11. The van der Waals surface area contributed by atoms with E-state index >= 15 is 0 Å². The lowest BCUT2D eigenvalue weighted by atomic mass is 9.89. The molecule has 1 aliphatic carbocycles. The molecule has 172 valence electrons. The van der Waals surface area contributed by atoms with Crippen LogP contribution in [0.1, 0.15) is 55.1 Å². The summed E-state index contributed by atoms with van der Waals surface area (Å²) in [6.07, 6.45) is 6.72.